The van der Waals surface area contributed by atoms with Gasteiger partial charge in [-0.25, -0.2) is 0 Å². The van der Waals surface area contributed by atoms with Crippen LogP contribution in [0, 0.1) is 12.5 Å². The van der Waals surface area contributed by atoms with Crippen molar-refractivity contribution in [3.63, 3.8) is 0 Å². The lowest BCUT2D eigenvalue weighted by Crippen LogP contribution is -1.50. The van der Waals surface area contributed by atoms with Gasteiger partial charge >= 0.3 is 0 Å². The Bertz CT molecular complexity index is 46.1. The molecule has 0 rings (SSSR count). The molecule has 0 bridgehead atoms. The molecule has 0 amide bonds. The molecule has 0 aromatic carbocycles. The summed E-state index contributed by atoms with van der Waals surface area (Å²) < 4.78 is 3.94. The molecule has 5 heavy (non-hydrogen) atoms. The van der Waals surface area contributed by atoms with E-state index in [1.54, 1.807) is 6.11 Å². The second kappa shape index (κ2) is 3.75. The van der Waals surface area contributed by atoms with E-state index >= 15 is 0 Å². The first-order valence-electron chi connectivity index (χ1n) is 0.921. The Balaban J connectivity index is 2.48. The largest absolute Gasteiger partial charge is 0.400 e. The summed E-state index contributed by atoms with van der Waals surface area (Å²) in [4.78, 5) is 7.73. The van der Waals surface area contributed by atoms with Gasteiger partial charge in [-0.15, -0.1) is 0 Å². The summed E-state index contributed by atoms with van der Waals surface area (Å²) in [5, 5.41) is 0. The lowest BCUT2D eigenvalue weighted by molar-refractivity contribution is 0.491. The molecule has 0 aromatic rings. The standard InChI is InChI=1S/C2H3O2P/c1-2-4-5-3/h1,3,5H. The van der Waals surface area contributed by atoms with Crippen LogP contribution in [-0.4, -0.2) is 4.89 Å². The monoisotopic (exact) mass is 90.0 g/mol. The fourth-order valence-corrected chi connectivity index (χ4v) is 0.0791. The van der Waals surface area contributed by atoms with Crippen LogP contribution < -0.4 is 0 Å². The van der Waals surface area contributed by atoms with Crippen molar-refractivity contribution in [3.05, 3.63) is 0 Å². The zero-order valence-electron chi connectivity index (χ0n) is 2.43. The van der Waals surface area contributed by atoms with Crippen LogP contribution in [0.3, 0.4) is 0 Å². The number of rotatable bonds is 1. The maximum absolute atomic E-state index is 7.73. The third-order valence-corrected chi connectivity index (χ3v) is 0.314. The first-order chi connectivity index (χ1) is 2.41. The Hall–Kier alpha value is -0.250. The first-order valence-corrected chi connectivity index (χ1v) is 1.78. The van der Waals surface area contributed by atoms with Crippen LogP contribution in [-0.2, 0) is 4.52 Å². The van der Waals surface area contributed by atoms with E-state index in [4.69, 9.17) is 4.89 Å². The highest BCUT2D eigenvalue weighted by atomic mass is 31.1. The van der Waals surface area contributed by atoms with Crippen LogP contribution in [0.4, 0.5) is 0 Å². The van der Waals surface area contributed by atoms with Crippen LogP contribution in [0.15, 0.2) is 0 Å². The lowest BCUT2D eigenvalue weighted by Gasteiger charge is -1.77. The quantitative estimate of drug-likeness (QED) is 0.365. The summed E-state index contributed by atoms with van der Waals surface area (Å²) in [6.45, 7) is 0. The summed E-state index contributed by atoms with van der Waals surface area (Å²) in [6, 6.07) is 0. The number of terminal acetylenes is 1. The predicted octanol–water partition coefficient (Wildman–Crippen LogP) is 0.0945. The Labute approximate surface area is 32.1 Å². The fraction of sp³-hybridized carbons (Fsp3) is 0. The second-order valence-electron chi connectivity index (χ2n) is 0.311. The van der Waals surface area contributed by atoms with Gasteiger partial charge in [-0.05, 0) is 0 Å². The summed E-state index contributed by atoms with van der Waals surface area (Å²) in [5.41, 5.74) is 0. The third-order valence-electron chi connectivity index (χ3n) is 0.105. The van der Waals surface area contributed by atoms with Crippen LogP contribution in [0.5, 0.6) is 0 Å². The average molecular weight is 90.0 g/mol. The molecule has 0 saturated carbocycles. The van der Waals surface area contributed by atoms with Gasteiger partial charge in [0, 0.05) is 0 Å². The molecular formula is C2H3O2P. The smallest absolute Gasteiger partial charge is 0.224 e. The minimum atomic E-state index is -0.578. The van der Waals surface area contributed by atoms with Gasteiger partial charge in [-0.1, -0.05) is 6.42 Å². The molecule has 0 fully saturated rings. The van der Waals surface area contributed by atoms with Gasteiger partial charge in [0.15, 0.2) is 0 Å². The van der Waals surface area contributed by atoms with Crippen molar-refractivity contribution in [2.24, 2.45) is 0 Å². The highest BCUT2D eigenvalue weighted by Gasteiger charge is 1.58. The fourth-order valence-electron chi connectivity index (χ4n) is 0.0264. The number of hydrogen-bond donors (Lipinski definition) is 1. The van der Waals surface area contributed by atoms with Crippen molar-refractivity contribution in [1.82, 2.24) is 0 Å². The van der Waals surface area contributed by atoms with Gasteiger partial charge in [0.2, 0.25) is 9.03 Å². The Morgan fingerprint density at radius 3 is 2.60 bits per heavy atom. The van der Waals surface area contributed by atoms with Crippen molar-refractivity contribution in [2.45, 2.75) is 0 Å². The van der Waals surface area contributed by atoms with Gasteiger partial charge in [0.1, 0.15) is 6.11 Å². The Morgan fingerprint density at radius 2 is 2.60 bits per heavy atom. The molecule has 0 aliphatic carbocycles. The van der Waals surface area contributed by atoms with Gasteiger partial charge in [0.05, 0.1) is 0 Å². The highest BCUT2D eigenvalue weighted by molar-refractivity contribution is 7.25. The maximum atomic E-state index is 7.73. The van der Waals surface area contributed by atoms with E-state index in [0.29, 0.717) is 0 Å². The Morgan fingerprint density at radius 1 is 2.00 bits per heavy atom. The summed E-state index contributed by atoms with van der Waals surface area (Å²) in [5.74, 6) is 0. The molecule has 1 unspecified atom stereocenters. The zero-order valence-corrected chi connectivity index (χ0v) is 3.43. The first kappa shape index (κ1) is 4.75. The molecular weight excluding hydrogens is 87.0 g/mol. The van der Waals surface area contributed by atoms with E-state index in [-0.39, 0.29) is 0 Å². The summed E-state index contributed by atoms with van der Waals surface area (Å²) in [6.07, 6.45) is 6.29. The third kappa shape index (κ3) is 3.75. The number of hydrogen-bond acceptors (Lipinski definition) is 2. The molecule has 1 atom stereocenters. The van der Waals surface area contributed by atoms with E-state index in [1.807, 2.05) is 0 Å². The van der Waals surface area contributed by atoms with E-state index in [2.05, 4.69) is 10.9 Å². The van der Waals surface area contributed by atoms with Gasteiger partial charge in [-0.3, -0.25) is 0 Å². The molecule has 1 N–H and O–H groups in total. The van der Waals surface area contributed by atoms with E-state index in [1.165, 1.54) is 0 Å². The Kier molecular flexibility index (Phi) is 3.56. The van der Waals surface area contributed by atoms with Gasteiger partial charge in [0.25, 0.3) is 0 Å². The summed E-state index contributed by atoms with van der Waals surface area (Å²) >= 11 is 0. The molecule has 0 saturated heterocycles. The van der Waals surface area contributed by atoms with Crippen molar-refractivity contribution < 1.29 is 9.42 Å². The van der Waals surface area contributed by atoms with Gasteiger partial charge < -0.3 is 9.42 Å². The van der Waals surface area contributed by atoms with Crippen LogP contribution in [0.2, 0.25) is 0 Å². The van der Waals surface area contributed by atoms with Crippen LogP contribution >= 0.6 is 9.03 Å². The van der Waals surface area contributed by atoms with Crippen LogP contribution in [0.1, 0.15) is 0 Å². The normalized spacial score (nSPS) is 8.00. The molecule has 0 spiro atoms. The SMILES string of the molecule is C#COPO. The van der Waals surface area contributed by atoms with Crippen molar-refractivity contribution >= 4 is 9.03 Å². The maximum Gasteiger partial charge on any atom is 0.224 e. The molecule has 0 radical (unpaired) electrons. The van der Waals surface area contributed by atoms with E-state index < -0.39 is 9.03 Å². The molecule has 0 heterocycles. The zero-order chi connectivity index (χ0) is 4.12. The van der Waals surface area contributed by atoms with Crippen molar-refractivity contribution in [1.29, 1.82) is 0 Å². The molecule has 0 aliphatic rings. The van der Waals surface area contributed by atoms with E-state index in [0.717, 1.165) is 0 Å². The molecule has 0 aromatic heterocycles. The van der Waals surface area contributed by atoms with E-state index in [9.17, 15) is 0 Å². The predicted molar refractivity (Wildman–Crippen MR) is 20.5 cm³/mol. The lowest BCUT2D eigenvalue weighted by atomic mass is 11.3. The van der Waals surface area contributed by atoms with Gasteiger partial charge in [-0.2, -0.15) is 0 Å². The molecule has 3 heteroatoms. The topological polar surface area (TPSA) is 29.5 Å². The van der Waals surface area contributed by atoms with Crippen molar-refractivity contribution in [3.8, 4) is 12.5 Å². The minimum Gasteiger partial charge on any atom is -0.400 e. The second-order valence-corrected chi connectivity index (χ2v) is 0.698. The molecule has 0 aliphatic heterocycles. The van der Waals surface area contributed by atoms with Crippen molar-refractivity contribution in [2.75, 3.05) is 0 Å². The average Bonchev–Trinajstić information content (AvgIpc) is 1.41. The minimum absolute atomic E-state index is 0.578. The highest BCUT2D eigenvalue weighted by Crippen LogP contribution is 1.98. The van der Waals surface area contributed by atoms with Crippen LogP contribution in [0.25, 0.3) is 0 Å². The summed E-state index contributed by atoms with van der Waals surface area (Å²) in [7, 11) is -0.578. The molecule has 28 valence electrons. The molecule has 2 nitrogen and oxygen atoms in total.